The minimum atomic E-state index is 0.239. The molecule has 0 bridgehead atoms. The van der Waals surface area contributed by atoms with Crippen LogP contribution < -0.4 is 0 Å². The molecule has 0 saturated heterocycles. The minimum Gasteiger partial charge on any atom is -0.299 e. The van der Waals surface area contributed by atoms with E-state index in [2.05, 4.69) is 20.4 Å². The third-order valence-corrected chi connectivity index (χ3v) is 3.51. The molecule has 0 aliphatic heterocycles. The maximum atomic E-state index is 11.8. The Balaban J connectivity index is 2.20. The van der Waals surface area contributed by atoms with Crippen LogP contribution in [0.2, 0.25) is 0 Å². The zero-order chi connectivity index (χ0) is 9.64. The first kappa shape index (κ1) is 8.98. The van der Waals surface area contributed by atoms with E-state index in [9.17, 15) is 4.79 Å². The van der Waals surface area contributed by atoms with Gasteiger partial charge in [0.15, 0.2) is 0 Å². The van der Waals surface area contributed by atoms with Crippen molar-refractivity contribution in [1.82, 2.24) is 0 Å². The van der Waals surface area contributed by atoms with Crippen molar-refractivity contribution in [2.75, 3.05) is 0 Å². The average molecular weight is 178 g/mol. The highest BCUT2D eigenvalue weighted by Crippen LogP contribution is 2.48. The molecule has 0 radical (unpaired) electrons. The second-order valence-corrected chi connectivity index (χ2v) is 5.54. The summed E-state index contributed by atoms with van der Waals surface area (Å²) in [6.45, 7) is 8.43. The van der Waals surface area contributed by atoms with E-state index in [0.29, 0.717) is 17.6 Å². The molecule has 0 N–H and O–H groups in total. The third kappa shape index (κ3) is 1.56. The molecule has 2 aliphatic carbocycles. The Morgan fingerprint density at radius 2 is 2.08 bits per heavy atom. The molecule has 0 spiro atoms. The molecule has 2 rings (SSSR count). The normalized spacial score (nSPS) is 37.7. The fourth-order valence-electron chi connectivity index (χ4n) is 3.05. The Kier molecular flexibility index (Phi) is 1.86. The van der Waals surface area contributed by atoms with E-state index >= 15 is 0 Å². The van der Waals surface area contributed by atoms with Crippen LogP contribution in [0, 0.1) is 17.3 Å². The zero-order valence-corrected chi connectivity index (χ0v) is 8.60. The lowest BCUT2D eigenvalue weighted by molar-refractivity contribution is -0.129. The smallest absolute Gasteiger partial charge is 0.137 e. The monoisotopic (exact) mass is 178 g/mol. The fraction of sp³-hybridized carbons (Fsp3) is 0.750. The lowest BCUT2D eigenvalue weighted by Gasteiger charge is -2.36. The first-order valence-electron chi connectivity index (χ1n) is 5.17. The number of carbonyl (C=O) groups excluding carboxylic acids is 1. The van der Waals surface area contributed by atoms with Crippen LogP contribution in [0.4, 0.5) is 0 Å². The van der Waals surface area contributed by atoms with Crippen LogP contribution in [-0.4, -0.2) is 5.78 Å². The topological polar surface area (TPSA) is 17.1 Å². The number of allylic oxidation sites excluding steroid dienone is 1. The number of ketones is 1. The molecule has 0 amide bonds. The van der Waals surface area contributed by atoms with Crippen LogP contribution in [0.25, 0.3) is 0 Å². The summed E-state index contributed by atoms with van der Waals surface area (Å²) in [5.41, 5.74) is 1.53. The Morgan fingerprint density at radius 3 is 2.77 bits per heavy atom. The van der Waals surface area contributed by atoms with Crippen LogP contribution in [0.5, 0.6) is 0 Å². The summed E-state index contributed by atoms with van der Waals surface area (Å²) < 4.78 is 0. The van der Waals surface area contributed by atoms with E-state index in [1.807, 2.05) is 0 Å². The summed E-state index contributed by atoms with van der Waals surface area (Å²) in [5.74, 6) is 1.43. The van der Waals surface area contributed by atoms with Gasteiger partial charge in [-0.05, 0) is 30.6 Å². The maximum absolute atomic E-state index is 11.8. The number of hydrogen-bond donors (Lipinski definition) is 0. The Morgan fingerprint density at radius 1 is 1.38 bits per heavy atom. The molecule has 2 atom stereocenters. The molecule has 2 saturated carbocycles. The predicted octanol–water partition coefficient (Wildman–Crippen LogP) is 2.96. The van der Waals surface area contributed by atoms with Crippen molar-refractivity contribution in [2.24, 2.45) is 17.3 Å². The number of rotatable bonds is 0. The number of fused-ring (bicyclic) bond motifs is 1. The van der Waals surface area contributed by atoms with Gasteiger partial charge in [-0.25, -0.2) is 0 Å². The molecule has 1 nitrogen and oxygen atoms in total. The van der Waals surface area contributed by atoms with Crippen molar-refractivity contribution < 1.29 is 4.79 Å². The number of hydrogen-bond acceptors (Lipinski definition) is 1. The molecule has 1 heteroatoms. The lowest BCUT2D eigenvalue weighted by atomic mass is 9.68. The second kappa shape index (κ2) is 2.70. The largest absolute Gasteiger partial charge is 0.299 e. The number of Topliss-reactive ketones (excluding diaryl/α,β-unsaturated/α-hetero) is 1. The highest BCUT2D eigenvalue weighted by molar-refractivity contribution is 5.83. The van der Waals surface area contributed by atoms with Crippen molar-refractivity contribution in [3.63, 3.8) is 0 Å². The van der Waals surface area contributed by atoms with Crippen molar-refractivity contribution in [3.8, 4) is 0 Å². The van der Waals surface area contributed by atoms with Crippen LogP contribution in [0.3, 0.4) is 0 Å². The Bertz CT molecular complexity index is 262. The van der Waals surface area contributed by atoms with Crippen LogP contribution in [0.1, 0.15) is 39.5 Å². The van der Waals surface area contributed by atoms with Crippen molar-refractivity contribution in [2.45, 2.75) is 39.5 Å². The lowest BCUT2D eigenvalue weighted by Crippen LogP contribution is -2.34. The Hall–Kier alpha value is -0.590. The zero-order valence-electron chi connectivity index (χ0n) is 8.60. The van der Waals surface area contributed by atoms with Crippen LogP contribution in [0.15, 0.2) is 12.2 Å². The van der Waals surface area contributed by atoms with Gasteiger partial charge in [0.2, 0.25) is 0 Å². The highest BCUT2D eigenvalue weighted by atomic mass is 16.1. The average Bonchev–Trinajstić information content (AvgIpc) is 2.27. The fourth-order valence-corrected chi connectivity index (χ4v) is 3.05. The molecule has 72 valence electrons. The summed E-state index contributed by atoms with van der Waals surface area (Å²) in [4.78, 5) is 11.8. The van der Waals surface area contributed by atoms with Gasteiger partial charge in [0, 0.05) is 12.3 Å². The first-order chi connectivity index (χ1) is 5.98. The molecule has 0 heterocycles. The van der Waals surface area contributed by atoms with Gasteiger partial charge in [0.25, 0.3) is 0 Å². The molecule has 2 unspecified atom stereocenters. The van der Waals surface area contributed by atoms with Crippen LogP contribution >= 0.6 is 0 Å². The molecule has 0 aromatic carbocycles. The number of carbonyl (C=O) groups is 1. The van der Waals surface area contributed by atoms with Gasteiger partial charge in [-0.1, -0.05) is 26.0 Å². The van der Waals surface area contributed by atoms with E-state index in [1.165, 1.54) is 12.0 Å². The molecular formula is C12H18O. The summed E-state index contributed by atoms with van der Waals surface area (Å²) in [6.07, 6.45) is 4.06. The van der Waals surface area contributed by atoms with Crippen LogP contribution in [-0.2, 0) is 4.79 Å². The second-order valence-electron chi connectivity index (χ2n) is 5.54. The molecule has 0 aromatic rings. The molecule has 2 fully saturated rings. The predicted molar refractivity (Wildman–Crippen MR) is 53.4 cm³/mol. The van der Waals surface area contributed by atoms with Crippen molar-refractivity contribution in [1.29, 1.82) is 0 Å². The molecular weight excluding hydrogens is 160 g/mol. The summed E-state index contributed by atoms with van der Waals surface area (Å²) in [5, 5.41) is 0. The summed E-state index contributed by atoms with van der Waals surface area (Å²) >= 11 is 0. The SMILES string of the molecule is C=C1CC2CC(C)(C)CC(=O)C2C1. The van der Waals surface area contributed by atoms with Crippen molar-refractivity contribution in [3.05, 3.63) is 12.2 Å². The van der Waals surface area contributed by atoms with Gasteiger partial charge >= 0.3 is 0 Å². The summed E-state index contributed by atoms with van der Waals surface area (Å²) in [6, 6.07) is 0. The van der Waals surface area contributed by atoms with Gasteiger partial charge in [-0.15, -0.1) is 0 Å². The third-order valence-electron chi connectivity index (χ3n) is 3.51. The van der Waals surface area contributed by atoms with Gasteiger partial charge in [0.1, 0.15) is 5.78 Å². The molecule has 0 aromatic heterocycles. The summed E-state index contributed by atoms with van der Waals surface area (Å²) in [7, 11) is 0. The Labute approximate surface area is 80.2 Å². The van der Waals surface area contributed by atoms with Gasteiger partial charge < -0.3 is 0 Å². The van der Waals surface area contributed by atoms with E-state index < -0.39 is 0 Å². The minimum absolute atomic E-state index is 0.239. The maximum Gasteiger partial charge on any atom is 0.137 e. The molecule has 13 heavy (non-hydrogen) atoms. The van der Waals surface area contributed by atoms with Gasteiger partial charge in [-0.2, -0.15) is 0 Å². The van der Waals surface area contributed by atoms with E-state index in [0.717, 1.165) is 19.3 Å². The van der Waals surface area contributed by atoms with Gasteiger partial charge in [0.05, 0.1) is 0 Å². The first-order valence-corrected chi connectivity index (χ1v) is 5.17. The molecule has 2 aliphatic rings. The van der Waals surface area contributed by atoms with Crippen molar-refractivity contribution >= 4 is 5.78 Å². The highest BCUT2D eigenvalue weighted by Gasteiger charge is 2.43. The van der Waals surface area contributed by atoms with E-state index in [-0.39, 0.29) is 5.41 Å². The standard InChI is InChI=1S/C12H18O/c1-8-4-9-6-12(2,3)7-11(13)10(9)5-8/h9-10H,1,4-7H2,2-3H3. The van der Waals surface area contributed by atoms with E-state index in [1.54, 1.807) is 0 Å². The van der Waals surface area contributed by atoms with Gasteiger partial charge in [-0.3, -0.25) is 4.79 Å². The van der Waals surface area contributed by atoms with E-state index in [4.69, 9.17) is 0 Å². The quantitative estimate of drug-likeness (QED) is 0.521.